The molecule has 0 fully saturated rings. The van der Waals surface area contributed by atoms with Gasteiger partial charge in [0.1, 0.15) is 11.9 Å². The van der Waals surface area contributed by atoms with E-state index in [2.05, 4.69) is 25.7 Å². The van der Waals surface area contributed by atoms with Gasteiger partial charge >= 0.3 is 18.2 Å². The minimum atomic E-state index is -5.08. The van der Waals surface area contributed by atoms with Crippen LogP contribution in [0.4, 0.5) is 35.2 Å². The first-order valence-corrected chi connectivity index (χ1v) is 14.6. The van der Waals surface area contributed by atoms with Crippen LogP contribution in [0.2, 0.25) is 0 Å². The summed E-state index contributed by atoms with van der Waals surface area (Å²) in [5.41, 5.74) is 8.81. The molecule has 2 amide bonds. The van der Waals surface area contributed by atoms with Gasteiger partial charge in [0.25, 0.3) is 0 Å². The average molecular weight is 674 g/mol. The van der Waals surface area contributed by atoms with Crippen LogP contribution in [0.5, 0.6) is 11.5 Å². The lowest BCUT2D eigenvalue weighted by atomic mass is 10.0. The molecule has 0 radical (unpaired) electrons. The molecule has 6 N–H and O–H groups in total. The number of nitrogen functional groups attached to an aromatic ring is 1. The number of methoxy groups -OCH3 is 1. The van der Waals surface area contributed by atoms with Gasteiger partial charge in [-0.25, -0.2) is 14.6 Å². The molecule has 12 nitrogen and oxygen atoms in total. The molecule has 0 aliphatic heterocycles. The third kappa shape index (κ3) is 10.7. The van der Waals surface area contributed by atoms with Crippen molar-refractivity contribution in [2.24, 2.45) is 0 Å². The van der Waals surface area contributed by atoms with Crippen LogP contribution >= 0.6 is 0 Å². The van der Waals surface area contributed by atoms with E-state index in [4.69, 9.17) is 25.1 Å². The molecule has 0 spiro atoms. The highest BCUT2D eigenvalue weighted by atomic mass is 19.4. The number of carbonyl (C=O) groups is 3. The smallest absolute Gasteiger partial charge is 0.490 e. The van der Waals surface area contributed by atoms with E-state index in [1.165, 1.54) is 7.11 Å². The lowest BCUT2D eigenvalue weighted by Gasteiger charge is -2.22. The van der Waals surface area contributed by atoms with Gasteiger partial charge in [-0.15, -0.1) is 0 Å². The fraction of sp³-hybridized carbons (Fsp3) is 0.273. The first-order chi connectivity index (χ1) is 22.7. The van der Waals surface area contributed by atoms with Gasteiger partial charge in [0, 0.05) is 30.9 Å². The maximum Gasteiger partial charge on any atom is 0.490 e. The number of halogens is 3. The van der Waals surface area contributed by atoms with Crippen molar-refractivity contribution in [3.63, 3.8) is 0 Å². The molecule has 1 unspecified atom stereocenters. The molecule has 15 heteroatoms. The highest BCUT2D eigenvalue weighted by Gasteiger charge is 2.38. The summed E-state index contributed by atoms with van der Waals surface area (Å²) < 4.78 is 48.2. The number of alkyl halides is 3. The molecular weight excluding hydrogens is 635 g/mol. The van der Waals surface area contributed by atoms with Crippen molar-refractivity contribution in [2.45, 2.75) is 45.6 Å². The standard InChI is InChI=1S/C31H35N5O5.C2HF3O2.H2/c1-5-40-27-17-22(9-12-26(27)41-19(2)3)28(35-24-10-11-25-21(16-24)13-14-33-29(25)32)30(37)34-18-20-7-6-8-23(15-20)36-31(38)39-4;3-2(4,5)1(6)7;/h6-17,19,28,35H,5,18H2,1-4H3,(H2,32,33)(H,34,37)(H,36,38);(H,6,7);1H. The van der Waals surface area contributed by atoms with E-state index in [1.54, 1.807) is 24.4 Å². The minimum absolute atomic E-state index is 0. The van der Waals surface area contributed by atoms with Crippen LogP contribution in [-0.2, 0) is 20.9 Å². The number of ether oxygens (including phenoxy) is 3. The molecule has 0 aliphatic rings. The Balaban J connectivity index is 0.000000940. The Bertz CT molecular complexity index is 1740. The maximum absolute atomic E-state index is 13.7. The number of benzene rings is 3. The van der Waals surface area contributed by atoms with Gasteiger partial charge in [0.2, 0.25) is 5.91 Å². The molecule has 1 atom stereocenters. The highest BCUT2D eigenvalue weighted by Crippen LogP contribution is 2.33. The van der Waals surface area contributed by atoms with E-state index in [-0.39, 0.29) is 20.0 Å². The number of hydrogen-bond acceptors (Lipinski definition) is 9. The average Bonchev–Trinajstić information content (AvgIpc) is 3.03. The molecule has 0 saturated heterocycles. The van der Waals surface area contributed by atoms with Crippen LogP contribution < -0.4 is 31.2 Å². The number of hydrogen-bond donors (Lipinski definition) is 5. The Morgan fingerprint density at radius 1 is 1.00 bits per heavy atom. The number of nitrogens with two attached hydrogens (primary N) is 1. The summed E-state index contributed by atoms with van der Waals surface area (Å²) in [7, 11) is 1.30. The van der Waals surface area contributed by atoms with Crippen LogP contribution in [-0.4, -0.2) is 54.1 Å². The van der Waals surface area contributed by atoms with E-state index in [0.29, 0.717) is 35.2 Å². The molecule has 0 saturated carbocycles. The number of carboxylic acid groups (broad SMARTS) is 1. The third-order valence-corrected chi connectivity index (χ3v) is 6.40. The van der Waals surface area contributed by atoms with Crippen LogP contribution in [0.15, 0.2) is 72.9 Å². The molecule has 0 aliphatic carbocycles. The predicted octanol–water partition coefficient (Wildman–Crippen LogP) is 6.53. The van der Waals surface area contributed by atoms with Crippen LogP contribution in [0.3, 0.4) is 0 Å². The van der Waals surface area contributed by atoms with Crippen molar-refractivity contribution in [1.29, 1.82) is 0 Å². The van der Waals surface area contributed by atoms with Crippen molar-refractivity contribution in [3.8, 4) is 11.5 Å². The molecule has 3 aromatic carbocycles. The topological polar surface area (TPSA) is 174 Å². The second-order valence-electron chi connectivity index (χ2n) is 10.4. The zero-order valence-corrected chi connectivity index (χ0v) is 26.6. The predicted molar refractivity (Wildman–Crippen MR) is 176 cm³/mol. The molecule has 4 rings (SSSR count). The number of anilines is 3. The third-order valence-electron chi connectivity index (χ3n) is 6.40. The zero-order chi connectivity index (χ0) is 35.4. The molecule has 258 valence electrons. The van der Waals surface area contributed by atoms with E-state index in [9.17, 15) is 22.8 Å². The lowest BCUT2D eigenvalue weighted by molar-refractivity contribution is -0.192. The van der Waals surface area contributed by atoms with Gasteiger partial charge in [-0.2, -0.15) is 13.2 Å². The van der Waals surface area contributed by atoms with Gasteiger partial charge in [-0.05, 0) is 85.8 Å². The van der Waals surface area contributed by atoms with Crippen molar-refractivity contribution in [2.75, 3.05) is 30.1 Å². The normalized spacial score (nSPS) is 11.5. The Kier molecular flexibility index (Phi) is 12.8. The summed E-state index contributed by atoms with van der Waals surface area (Å²) in [5, 5.41) is 17.9. The number of rotatable bonds is 11. The second kappa shape index (κ2) is 16.7. The number of amides is 2. The Hall–Kier alpha value is -5.73. The number of pyridine rings is 1. The van der Waals surface area contributed by atoms with Gasteiger partial charge in [-0.3, -0.25) is 10.1 Å². The van der Waals surface area contributed by atoms with Crippen LogP contribution in [0, 0.1) is 0 Å². The van der Waals surface area contributed by atoms with Crippen LogP contribution in [0.1, 0.15) is 39.4 Å². The zero-order valence-electron chi connectivity index (χ0n) is 26.6. The van der Waals surface area contributed by atoms with E-state index >= 15 is 0 Å². The van der Waals surface area contributed by atoms with Crippen molar-refractivity contribution >= 4 is 45.9 Å². The van der Waals surface area contributed by atoms with Gasteiger partial charge in [0.15, 0.2) is 11.5 Å². The number of nitrogens with zero attached hydrogens (tertiary/aromatic N) is 1. The number of fused-ring (bicyclic) bond motifs is 1. The van der Waals surface area contributed by atoms with Gasteiger partial charge < -0.3 is 35.7 Å². The Labute approximate surface area is 275 Å². The molecule has 1 aromatic heterocycles. The molecule has 0 bridgehead atoms. The lowest BCUT2D eigenvalue weighted by Crippen LogP contribution is -2.33. The Morgan fingerprint density at radius 3 is 2.38 bits per heavy atom. The fourth-order valence-corrected chi connectivity index (χ4v) is 4.30. The number of carboxylic acids is 1. The van der Waals surface area contributed by atoms with E-state index in [0.717, 1.165) is 22.0 Å². The summed E-state index contributed by atoms with van der Waals surface area (Å²) in [4.78, 5) is 38.4. The van der Waals surface area contributed by atoms with Crippen molar-refractivity contribution < 1.29 is 48.3 Å². The number of carbonyl (C=O) groups excluding carboxylic acids is 2. The second-order valence-corrected chi connectivity index (χ2v) is 10.4. The van der Waals surface area contributed by atoms with Crippen molar-refractivity contribution in [1.82, 2.24) is 10.3 Å². The first kappa shape index (κ1) is 36.7. The Morgan fingerprint density at radius 2 is 1.73 bits per heavy atom. The fourth-order valence-electron chi connectivity index (χ4n) is 4.30. The molecule has 1 heterocycles. The molecule has 4 aromatic rings. The van der Waals surface area contributed by atoms with Gasteiger partial charge in [-0.1, -0.05) is 18.2 Å². The number of nitrogens with one attached hydrogen (secondary N) is 3. The first-order valence-electron chi connectivity index (χ1n) is 14.6. The minimum Gasteiger partial charge on any atom is -0.490 e. The number of aromatic nitrogens is 1. The quantitative estimate of drug-likeness (QED) is 0.118. The summed E-state index contributed by atoms with van der Waals surface area (Å²) in [6.45, 7) is 6.46. The molecule has 48 heavy (non-hydrogen) atoms. The summed E-state index contributed by atoms with van der Waals surface area (Å²) in [6.07, 6.45) is -4.05. The molecular formula is C33H38F3N5O7. The van der Waals surface area contributed by atoms with Gasteiger partial charge in [0.05, 0.1) is 19.8 Å². The van der Waals surface area contributed by atoms with E-state index < -0.39 is 24.3 Å². The highest BCUT2D eigenvalue weighted by molar-refractivity contribution is 5.94. The number of aliphatic carboxylic acids is 1. The SMILES string of the molecule is CCOc1cc(C(Nc2ccc3c(N)nccc3c2)C(=O)NCc2cccc(NC(=O)OC)c2)ccc1OC(C)C.O=C(O)C(F)(F)F.[HH]. The summed E-state index contributed by atoms with van der Waals surface area (Å²) >= 11 is 0. The summed E-state index contributed by atoms with van der Waals surface area (Å²) in [6, 6.07) is 19.4. The maximum atomic E-state index is 13.7. The van der Waals surface area contributed by atoms with Crippen molar-refractivity contribution in [3.05, 3.63) is 84.1 Å². The monoisotopic (exact) mass is 673 g/mol. The largest absolute Gasteiger partial charge is 0.490 e. The van der Waals surface area contributed by atoms with Crippen LogP contribution in [0.25, 0.3) is 10.8 Å². The van der Waals surface area contributed by atoms with E-state index in [1.807, 2.05) is 69.3 Å². The summed E-state index contributed by atoms with van der Waals surface area (Å²) in [5.74, 6) is -1.42.